The Hall–Kier alpha value is -2.34. The van der Waals surface area contributed by atoms with E-state index in [0.29, 0.717) is 5.92 Å². The zero-order valence-corrected chi connectivity index (χ0v) is 13.1. The van der Waals surface area contributed by atoms with E-state index in [0.717, 1.165) is 43.4 Å². The summed E-state index contributed by atoms with van der Waals surface area (Å²) in [6.45, 7) is 4.17. The molecule has 1 atom stereocenters. The molecule has 0 saturated carbocycles. The van der Waals surface area contributed by atoms with Crippen molar-refractivity contribution >= 4 is 0 Å². The normalized spacial score (nSPS) is 19.2. The van der Waals surface area contributed by atoms with Crippen LogP contribution in [0.25, 0.3) is 11.5 Å². The zero-order valence-electron chi connectivity index (χ0n) is 13.1. The lowest BCUT2D eigenvalue weighted by molar-refractivity contribution is 0.147. The number of hydrogen-bond acceptors (Lipinski definition) is 4. The number of nitrogens with zero attached hydrogens (tertiary/aromatic N) is 4. The van der Waals surface area contributed by atoms with Crippen molar-refractivity contribution in [2.24, 2.45) is 5.92 Å². The van der Waals surface area contributed by atoms with E-state index in [1.807, 2.05) is 30.9 Å². The smallest absolute Gasteiger partial charge is 0.152 e. The van der Waals surface area contributed by atoms with Crippen LogP contribution < -0.4 is 0 Å². The second-order valence-corrected chi connectivity index (χ2v) is 6.24. The number of aromatic amines is 1. The third-order valence-corrected chi connectivity index (χ3v) is 4.44. The molecule has 1 aliphatic heterocycles. The summed E-state index contributed by atoms with van der Waals surface area (Å²) in [5, 5.41) is 6.90. The summed E-state index contributed by atoms with van der Waals surface area (Å²) in [5.74, 6) is 2.54. The van der Waals surface area contributed by atoms with Crippen LogP contribution in [-0.4, -0.2) is 37.7 Å². The summed E-state index contributed by atoms with van der Waals surface area (Å²) < 4.78 is 8.12. The molecular weight excluding hydrogens is 290 g/mol. The molecule has 6 heteroatoms. The molecule has 0 bridgehead atoms. The Balaban J connectivity index is 1.37. The van der Waals surface area contributed by atoms with Gasteiger partial charge in [-0.3, -0.25) is 10.00 Å². The van der Waals surface area contributed by atoms with Crippen LogP contribution in [0.4, 0.5) is 0 Å². The average molecular weight is 311 g/mol. The molecule has 4 rings (SSSR count). The van der Waals surface area contributed by atoms with Gasteiger partial charge in [0.15, 0.2) is 5.76 Å². The van der Waals surface area contributed by atoms with Gasteiger partial charge in [0.1, 0.15) is 11.5 Å². The molecule has 0 unspecified atom stereocenters. The van der Waals surface area contributed by atoms with Gasteiger partial charge in [0.25, 0.3) is 0 Å². The molecule has 0 amide bonds. The Morgan fingerprint density at radius 2 is 2.26 bits per heavy atom. The Bertz CT molecular complexity index is 716. The molecule has 1 aliphatic rings. The lowest BCUT2D eigenvalue weighted by atomic mass is 9.98. The second-order valence-electron chi connectivity index (χ2n) is 6.24. The molecular formula is C17H21N5O. The van der Waals surface area contributed by atoms with Crippen LogP contribution in [0.2, 0.25) is 0 Å². The van der Waals surface area contributed by atoms with Gasteiger partial charge in [-0.05, 0) is 43.5 Å². The van der Waals surface area contributed by atoms with Crippen LogP contribution in [0.1, 0.15) is 18.6 Å². The summed E-state index contributed by atoms with van der Waals surface area (Å²) in [6, 6.07) is 6.00. The Kier molecular flexibility index (Phi) is 3.98. The largest absolute Gasteiger partial charge is 0.458 e. The van der Waals surface area contributed by atoms with Gasteiger partial charge < -0.3 is 8.98 Å². The van der Waals surface area contributed by atoms with E-state index in [1.165, 1.54) is 12.8 Å². The molecule has 1 fully saturated rings. The van der Waals surface area contributed by atoms with E-state index < -0.39 is 0 Å². The number of H-pyrrole nitrogens is 1. The van der Waals surface area contributed by atoms with Crippen molar-refractivity contribution in [2.45, 2.75) is 25.9 Å². The van der Waals surface area contributed by atoms with E-state index in [4.69, 9.17) is 4.42 Å². The van der Waals surface area contributed by atoms with Crippen LogP contribution >= 0.6 is 0 Å². The fourth-order valence-electron chi connectivity index (χ4n) is 3.36. The molecule has 0 aromatic carbocycles. The monoisotopic (exact) mass is 311 g/mol. The van der Waals surface area contributed by atoms with Crippen molar-refractivity contribution < 1.29 is 4.42 Å². The molecule has 6 nitrogen and oxygen atoms in total. The van der Waals surface area contributed by atoms with Gasteiger partial charge in [0.05, 0.1) is 12.9 Å². The van der Waals surface area contributed by atoms with Crippen molar-refractivity contribution in [3.05, 3.63) is 48.9 Å². The minimum Gasteiger partial charge on any atom is -0.458 e. The maximum Gasteiger partial charge on any atom is 0.152 e. The maximum atomic E-state index is 5.94. The molecule has 3 aromatic rings. The van der Waals surface area contributed by atoms with Gasteiger partial charge in [0.2, 0.25) is 0 Å². The highest BCUT2D eigenvalue weighted by Crippen LogP contribution is 2.23. The highest BCUT2D eigenvalue weighted by Gasteiger charge is 2.21. The first kappa shape index (κ1) is 14.3. The molecule has 0 aliphatic carbocycles. The minimum absolute atomic E-state index is 0.681. The summed E-state index contributed by atoms with van der Waals surface area (Å²) in [5.41, 5.74) is 0.924. The fraction of sp³-hybridized carbons (Fsp3) is 0.412. The van der Waals surface area contributed by atoms with Gasteiger partial charge in [0, 0.05) is 31.7 Å². The van der Waals surface area contributed by atoms with E-state index >= 15 is 0 Å². The van der Waals surface area contributed by atoms with Gasteiger partial charge in [-0.2, -0.15) is 5.10 Å². The predicted octanol–water partition coefficient (Wildman–Crippen LogP) is 2.78. The third-order valence-electron chi connectivity index (χ3n) is 4.44. The number of furan rings is 1. The maximum absolute atomic E-state index is 5.94. The number of piperidine rings is 1. The van der Waals surface area contributed by atoms with E-state index in [-0.39, 0.29) is 0 Å². The average Bonchev–Trinajstić information content (AvgIpc) is 3.30. The molecule has 23 heavy (non-hydrogen) atoms. The predicted molar refractivity (Wildman–Crippen MR) is 86.5 cm³/mol. The van der Waals surface area contributed by atoms with Crippen LogP contribution in [0.3, 0.4) is 0 Å². The number of imidazole rings is 1. The van der Waals surface area contributed by atoms with Crippen LogP contribution in [-0.2, 0) is 13.1 Å². The zero-order chi connectivity index (χ0) is 15.5. The lowest BCUT2D eigenvalue weighted by Crippen LogP contribution is -2.36. The van der Waals surface area contributed by atoms with E-state index in [1.54, 1.807) is 6.20 Å². The molecule has 1 N–H and O–H groups in total. The minimum atomic E-state index is 0.681. The van der Waals surface area contributed by atoms with E-state index in [9.17, 15) is 0 Å². The van der Waals surface area contributed by atoms with Gasteiger partial charge in [-0.1, -0.05) is 0 Å². The third kappa shape index (κ3) is 3.37. The molecule has 0 radical (unpaired) electrons. The SMILES string of the molecule is c1cn(C[C@@H]2CCCN(Cc3ccc(-c4ccn[nH]4)o3)C2)cn1. The standard InChI is InChI=1S/C17H21N5O/c1-2-14(11-22-9-7-18-13-22)10-21(8-1)12-15-3-4-17(23-15)16-5-6-19-20-16/h3-7,9,13-14H,1-2,8,10-12H2,(H,19,20)/t14-/m1/s1. The number of hydrogen-bond donors (Lipinski definition) is 1. The summed E-state index contributed by atoms with van der Waals surface area (Å²) in [7, 11) is 0. The van der Waals surface area contributed by atoms with Crippen LogP contribution in [0.15, 0.2) is 47.5 Å². The molecule has 0 spiro atoms. The van der Waals surface area contributed by atoms with Crippen molar-refractivity contribution in [1.29, 1.82) is 0 Å². The van der Waals surface area contributed by atoms with E-state index in [2.05, 4.69) is 30.7 Å². The Labute approximate surface area is 135 Å². The van der Waals surface area contributed by atoms with Gasteiger partial charge >= 0.3 is 0 Å². The summed E-state index contributed by atoms with van der Waals surface area (Å²) in [4.78, 5) is 6.61. The van der Waals surface area contributed by atoms with Gasteiger partial charge in [-0.15, -0.1) is 0 Å². The fourth-order valence-corrected chi connectivity index (χ4v) is 3.36. The van der Waals surface area contributed by atoms with Crippen molar-refractivity contribution in [2.75, 3.05) is 13.1 Å². The van der Waals surface area contributed by atoms with Crippen molar-refractivity contribution in [3.63, 3.8) is 0 Å². The summed E-state index contributed by atoms with van der Waals surface area (Å²) in [6.07, 6.45) is 10.1. The number of nitrogens with one attached hydrogen (secondary N) is 1. The second kappa shape index (κ2) is 6.42. The first-order valence-corrected chi connectivity index (χ1v) is 8.13. The molecule has 3 aromatic heterocycles. The number of aromatic nitrogens is 4. The van der Waals surface area contributed by atoms with Gasteiger partial charge in [-0.25, -0.2) is 4.98 Å². The quantitative estimate of drug-likeness (QED) is 0.787. The molecule has 4 heterocycles. The first-order valence-electron chi connectivity index (χ1n) is 8.13. The number of rotatable bonds is 5. The Morgan fingerprint density at radius 3 is 3.09 bits per heavy atom. The highest BCUT2D eigenvalue weighted by atomic mass is 16.3. The highest BCUT2D eigenvalue weighted by molar-refractivity contribution is 5.51. The molecule has 120 valence electrons. The van der Waals surface area contributed by atoms with Crippen LogP contribution in [0, 0.1) is 5.92 Å². The lowest BCUT2D eigenvalue weighted by Gasteiger charge is -2.32. The number of likely N-dealkylation sites (tertiary alicyclic amines) is 1. The van der Waals surface area contributed by atoms with Crippen LogP contribution in [0.5, 0.6) is 0 Å². The Morgan fingerprint density at radius 1 is 1.26 bits per heavy atom. The first-order chi connectivity index (χ1) is 11.4. The topological polar surface area (TPSA) is 62.9 Å². The van der Waals surface area contributed by atoms with Crippen molar-refractivity contribution in [3.8, 4) is 11.5 Å². The summed E-state index contributed by atoms with van der Waals surface area (Å²) >= 11 is 0. The molecule has 1 saturated heterocycles. The van der Waals surface area contributed by atoms with Crippen molar-refractivity contribution in [1.82, 2.24) is 24.6 Å².